The summed E-state index contributed by atoms with van der Waals surface area (Å²) < 4.78 is 56.0. The fourth-order valence-electron chi connectivity index (χ4n) is 5.69. The monoisotopic (exact) mass is 637 g/mol. The van der Waals surface area contributed by atoms with Gasteiger partial charge in [0.1, 0.15) is 11.3 Å². The van der Waals surface area contributed by atoms with Crippen molar-refractivity contribution in [3.63, 3.8) is 0 Å². The molecule has 5 aromatic carbocycles. The summed E-state index contributed by atoms with van der Waals surface area (Å²) >= 11 is 0. The molecule has 1 heterocycles. The third kappa shape index (κ3) is 6.51. The molecule has 0 amide bonds. The predicted octanol–water partition coefficient (Wildman–Crippen LogP) is 8.02. The van der Waals surface area contributed by atoms with E-state index in [4.69, 9.17) is 8.94 Å². The van der Waals surface area contributed by atoms with Crippen LogP contribution in [-0.4, -0.2) is 13.3 Å². The number of anilines is 1. The van der Waals surface area contributed by atoms with Crippen molar-refractivity contribution in [2.75, 3.05) is 4.72 Å². The van der Waals surface area contributed by atoms with E-state index in [1.54, 1.807) is 36.4 Å². The molecule has 6 aromatic rings. The quantitative estimate of drug-likeness (QED) is 0.139. The SMILES string of the molecule is Cc1ccc(S(=O)(=O)Nc2c(C(Cc3ccccc3)(O[PH](=O)O)c3ccccc3Cc3ccccc3)oc3ccccc23)cc1. The normalized spacial score (nSPS) is 13.7. The largest absolute Gasteiger partial charge is 0.455 e. The molecule has 2 atom stereocenters. The van der Waals surface area contributed by atoms with Crippen LogP contribution in [0.5, 0.6) is 0 Å². The van der Waals surface area contributed by atoms with Gasteiger partial charge in [-0.15, -0.1) is 0 Å². The standard InChI is InChI=1S/C36H32NO6PS/c1-26-20-22-30(23-21-26)45(40,41)37-34-31-17-9-11-19-33(31)42-35(34)36(43-44(38)39,25-28-14-6-3-7-15-28)32-18-10-8-16-29(32)24-27-12-4-2-5-13-27/h2-23,37,44H,24-25H2,1H3,(H,38,39). The Labute approximate surface area is 263 Å². The molecule has 228 valence electrons. The van der Waals surface area contributed by atoms with E-state index in [1.165, 1.54) is 12.1 Å². The van der Waals surface area contributed by atoms with Gasteiger partial charge < -0.3 is 9.31 Å². The van der Waals surface area contributed by atoms with Crippen LogP contribution in [0.3, 0.4) is 0 Å². The van der Waals surface area contributed by atoms with E-state index >= 15 is 0 Å². The summed E-state index contributed by atoms with van der Waals surface area (Å²) in [5.41, 5.74) is 2.98. The second-order valence-electron chi connectivity index (χ2n) is 10.9. The summed E-state index contributed by atoms with van der Waals surface area (Å²) in [7, 11) is -7.75. The molecule has 2 N–H and O–H groups in total. The number of sulfonamides is 1. The minimum absolute atomic E-state index is 0.0686. The van der Waals surface area contributed by atoms with Gasteiger partial charge in [0, 0.05) is 11.8 Å². The van der Waals surface area contributed by atoms with Gasteiger partial charge >= 0.3 is 8.25 Å². The molecular formula is C36H32NO6PS. The Hall–Kier alpha value is -4.46. The second kappa shape index (κ2) is 12.9. The highest BCUT2D eigenvalue weighted by Gasteiger charge is 2.45. The zero-order chi connectivity index (χ0) is 31.4. The highest BCUT2D eigenvalue weighted by atomic mass is 32.2. The van der Waals surface area contributed by atoms with Crippen LogP contribution in [0.15, 0.2) is 143 Å². The van der Waals surface area contributed by atoms with Gasteiger partial charge in [-0.3, -0.25) is 13.8 Å². The maximum absolute atomic E-state index is 13.9. The molecule has 1 aromatic heterocycles. The highest BCUT2D eigenvalue weighted by Crippen LogP contribution is 2.50. The van der Waals surface area contributed by atoms with Gasteiger partial charge in [0.2, 0.25) is 0 Å². The molecule has 0 bridgehead atoms. The first-order valence-corrected chi connectivity index (χ1v) is 17.2. The first-order valence-electron chi connectivity index (χ1n) is 14.4. The number of aryl methyl sites for hydroxylation is 1. The van der Waals surface area contributed by atoms with Gasteiger partial charge in [-0.05, 0) is 59.9 Å². The number of nitrogens with one attached hydrogen (secondary N) is 1. The van der Waals surface area contributed by atoms with Crippen molar-refractivity contribution in [1.29, 1.82) is 0 Å². The van der Waals surface area contributed by atoms with Gasteiger partial charge in [0.05, 0.1) is 4.90 Å². The zero-order valence-electron chi connectivity index (χ0n) is 24.5. The van der Waals surface area contributed by atoms with E-state index in [1.807, 2.05) is 91.9 Å². The summed E-state index contributed by atoms with van der Waals surface area (Å²) in [6, 6.07) is 40.4. The Bertz CT molecular complexity index is 2060. The minimum Gasteiger partial charge on any atom is -0.455 e. The molecule has 0 aliphatic rings. The average Bonchev–Trinajstić information content (AvgIpc) is 3.40. The molecule has 2 unspecified atom stereocenters. The summed E-state index contributed by atoms with van der Waals surface area (Å²) in [6.45, 7) is 1.88. The van der Waals surface area contributed by atoms with Crippen LogP contribution in [0.4, 0.5) is 5.69 Å². The summed E-state index contributed by atoms with van der Waals surface area (Å²) in [5.74, 6) is 0.0798. The first kappa shape index (κ1) is 30.6. The maximum atomic E-state index is 13.9. The van der Waals surface area contributed by atoms with E-state index in [-0.39, 0.29) is 22.8 Å². The third-order valence-corrected chi connectivity index (χ3v) is 9.67. The van der Waals surface area contributed by atoms with Crippen LogP contribution in [-0.2, 0) is 37.6 Å². The van der Waals surface area contributed by atoms with Gasteiger partial charge in [-0.2, -0.15) is 0 Å². The van der Waals surface area contributed by atoms with Crippen LogP contribution >= 0.6 is 8.25 Å². The Kier molecular flexibility index (Phi) is 8.74. The Balaban J connectivity index is 1.64. The van der Waals surface area contributed by atoms with Gasteiger partial charge in [-0.25, -0.2) is 8.42 Å². The summed E-state index contributed by atoms with van der Waals surface area (Å²) in [5, 5.41) is 0.488. The average molecular weight is 638 g/mol. The first-order chi connectivity index (χ1) is 21.7. The molecule has 7 nitrogen and oxygen atoms in total. The molecule has 0 aliphatic heterocycles. The number of hydrogen-bond donors (Lipinski definition) is 2. The minimum atomic E-state index is -4.11. The van der Waals surface area contributed by atoms with E-state index in [0.717, 1.165) is 22.3 Å². The maximum Gasteiger partial charge on any atom is 0.317 e. The molecule has 0 spiro atoms. The molecule has 45 heavy (non-hydrogen) atoms. The number of fused-ring (bicyclic) bond motifs is 1. The van der Waals surface area contributed by atoms with Gasteiger partial charge in [0.25, 0.3) is 10.0 Å². The Morgan fingerprint density at radius 1 is 0.778 bits per heavy atom. The Morgan fingerprint density at radius 3 is 2.07 bits per heavy atom. The lowest BCUT2D eigenvalue weighted by Crippen LogP contribution is -2.34. The Morgan fingerprint density at radius 2 is 1.38 bits per heavy atom. The van der Waals surface area contributed by atoms with Crippen molar-refractivity contribution in [2.24, 2.45) is 0 Å². The van der Waals surface area contributed by atoms with Crippen molar-refractivity contribution in [3.8, 4) is 0 Å². The topological polar surface area (TPSA) is 106 Å². The lowest BCUT2D eigenvalue weighted by atomic mass is 9.80. The van der Waals surface area contributed by atoms with Crippen LogP contribution in [0.1, 0.15) is 33.6 Å². The highest BCUT2D eigenvalue weighted by molar-refractivity contribution is 7.92. The van der Waals surface area contributed by atoms with E-state index < -0.39 is 23.9 Å². The lowest BCUT2D eigenvalue weighted by molar-refractivity contribution is 0.0822. The fourth-order valence-corrected chi connectivity index (χ4v) is 7.35. The summed E-state index contributed by atoms with van der Waals surface area (Å²) in [6.07, 6.45) is 0.573. The molecule has 0 saturated heterocycles. The number of rotatable bonds is 11. The van der Waals surface area contributed by atoms with Crippen molar-refractivity contribution in [2.45, 2.75) is 30.3 Å². The molecule has 6 rings (SSSR count). The van der Waals surface area contributed by atoms with Crippen LogP contribution in [0, 0.1) is 6.92 Å². The molecule has 0 saturated carbocycles. The number of hydrogen-bond acceptors (Lipinski definition) is 5. The second-order valence-corrected chi connectivity index (χ2v) is 13.3. The molecule has 0 radical (unpaired) electrons. The van der Waals surface area contributed by atoms with Gasteiger partial charge in [0.15, 0.2) is 11.4 Å². The molecule has 0 aliphatic carbocycles. The van der Waals surface area contributed by atoms with Gasteiger partial charge in [-0.1, -0.05) is 115 Å². The van der Waals surface area contributed by atoms with E-state index in [0.29, 0.717) is 23.0 Å². The molecule has 0 fully saturated rings. The van der Waals surface area contributed by atoms with Crippen molar-refractivity contribution < 1.29 is 26.8 Å². The number of para-hydroxylation sites is 1. The fraction of sp³-hybridized carbons (Fsp3) is 0.111. The lowest BCUT2D eigenvalue weighted by Gasteiger charge is -2.34. The van der Waals surface area contributed by atoms with Crippen LogP contribution < -0.4 is 4.72 Å². The van der Waals surface area contributed by atoms with E-state index in [2.05, 4.69) is 4.72 Å². The number of furan rings is 1. The molecular weight excluding hydrogens is 605 g/mol. The third-order valence-electron chi connectivity index (χ3n) is 7.78. The van der Waals surface area contributed by atoms with Crippen molar-refractivity contribution in [1.82, 2.24) is 0 Å². The van der Waals surface area contributed by atoms with Crippen molar-refractivity contribution in [3.05, 3.63) is 167 Å². The van der Waals surface area contributed by atoms with E-state index in [9.17, 15) is 17.9 Å². The zero-order valence-corrected chi connectivity index (χ0v) is 26.3. The predicted molar refractivity (Wildman–Crippen MR) is 177 cm³/mol. The smallest absolute Gasteiger partial charge is 0.317 e. The van der Waals surface area contributed by atoms with Crippen LogP contribution in [0.25, 0.3) is 11.0 Å². The summed E-state index contributed by atoms with van der Waals surface area (Å²) in [4.78, 5) is 10.6. The molecule has 9 heteroatoms. The van der Waals surface area contributed by atoms with Crippen LogP contribution in [0.2, 0.25) is 0 Å². The number of benzene rings is 5. The van der Waals surface area contributed by atoms with Crippen molar-refractivity contribution >= 4 is 34.9 Å².